The molecule has 1 aliphatic rings. The zero-order valence-corrected chi connectivity index (χ0v) is 11.5. The molecule has 1 fully saturated rings. The average molecular weight is 352 g/mol. The van der Waals surface area contributed by atoms with Crippen LogP contribution in [0.2, 0.25) is 5.02 Å². The number of halogens is 2. The number of amides is 1. The van der Waals surface area contributed by atoms with Gasteiger partial charge in [-0.1, -0.05) is 11.6 Å². The van der Waals surface area contributed by atoms with Gasteiger partial charge in [0.15, 0.2) is 0 Å². The fourth-order valence-corrected chi connectivity index (χ4v) is 2.54. The second kappa shape index (κ2) is 5.33. The third-order valence-corrected chi connectivity index (χ3v) is 3.44. The molecule has 0 saturated carbocycles. The summed E-state index contributed by atoms with van der Waals surface area (Å²) in [7, 11) is 0. The maximum atomic E-state index is 12.1. The minimum atomic E-state index is -0.00954. The summed E-state index contributed by atoms with van der Waals surface area (Å²) in [5.74, 6) is -0.00954. The van der Waals surface area contributed by atoms with Crippen molar-refractivity contribution in [3.05, 3.63) is 32.4 Å². The number of hydrogen-bond donors (Lipinski definition) is 0. The molecule has 1 aromatic carbocycles. The van der Waals surface area contributed by atoms with Crippen LogP contribution in [-0.2, 0) is 4.74 Å². The third kappa shape index (κ3) is 2.67. The normalized spacial score (nSPS) is 16.2. The Hall–Kier alpha value is -0.330. The molecule has 1 heterocycles. The second-order valence-electron chi connectivity index (χ2n) is 3.53. The summed E-state index contributed by atoms with van der Waals surface area (Å²) in [6, 6.07) is 5.47. The first-order valence-electron chi connectivity index (χ1n) is 5.00. The van der Waals surface area contributed by atoms with E-state index >= 15 is 0 Å². The van der Waals surface area contributed by atoms with Gasteiger partial charge in [0, 0.05) is 16.7 Å². The van der Waals surface area contributed by atoms with Gasteiger partial charge in [-0.15, -0.1) is 0 Å². The topological polar surface area (TPSA) is 29.5 Å². The molecule has 3 nitrogen and oxygen atoms in total. The molecule has 0 unspecified atom stereocenters. The molecule has 0 bridgehead atoms. The van der Waals surface area contributed by atoms with E-state index in [9.17, 15) is 4.79 Å². The summed E-state index contributed by atoms with van der Waals surface area (Å²) in [6.07, 6.45) is 0. The van der Waals surface area contributed by atoms with Crippen molar-refractivity contribution in [3.63, 3.8) is 0 Å². The molecular weight excluding hydrogens is 340 g/mol. The van der Waals surface area contributed by atoms with Crippen molar-refractivity contribution in [1.82, 2.24) is 4.90 Å². The molecule has 0 aliphatic carbocycles. The fraction of sp³-hybridized carbons (Fsp3) is 0.364. The van der Waals surface area contributed by atoms with Crippen LogP contribution in [0.4, 0.5) is 0 Å². The van der Waals surface area contributed by atoms with E-state index in [-0.39, 0.29) is 5.91 Å². The van der Waals surface area contributed by atoms with Crippen molar-refractivity contribution in [2.24, 2.45) is 0 Å². The van der Waals surface area contributed by atoms with E-state index in [1.54, 1.807) is 17.0 Å². The summed E-state index contributed by atoms with van der Waals surface area (Å²) >= 11 is 8.23. The number of morpholine rings is 1. The Kier molecular flexibility index (Phi) is 4.05. The molecule has 1 amide bonds. The van der Waals surface area contributed by atoms with Crippen molar-refractivity contribution in [2.45, 2.75) is 0 Å². The summed E-state index contributed by atoms with van der Waals surface area (Å²) in [6.45, 7) is 2.49. The molecule has 0 N–H and O–H groups in total. The van der Waals surface area contributed by atoms with Crippen LogP contribution in [0.3, 0.4) is 0 Å². The van der Waals surface area contributed by atoms with E-state index in [0.717, 1.165) is 3.57 Å². The lowest BCUT2D eigenvalue weighted by atomic mass is 10.2. The summed E-state index contributed by atoms with van der Waals surface area (Å²) in [5.41, 5.74) is 0.573. The van der Waals surface area contributed by atoms with E-state index in [1.807, 2.05) is 6.07 Å². The number of carbonyl (C=O) groups excluding carboxylic acids is 1. The van der Waals surface area contributed by atoms with Crippen LogP contribution in [0.25, 0.3) is 0 Å². The molecule has 1 saturated heterocycles. The lowest BCUT2D eigenvalue weighted by Gasteiger charge is -2.27. The molecular formula is C11H11ClINO2. The molecule has 0 atom stereocenters. The van der Waals surface area contributed by atoms with Gasteiger partial charge in [0.2, 0.25) is 0 Å². The molecule has 0 spiro atoms. The third-order valence-electron chi connectivity index (χ3n) is 2.46. The minimum Gasteiger partial charge on any atom is -0.378 e. The van der Waals surface area contributed by atoms with E-state index < -0.39 is 0 Å². The van der Waals surface area contributed by atoms with Gasteiger partial charge in [0.25, 0.3) is 5.91 Å². The van der Waals surface area contributed by atoms with Crippen molar-refractivity contribution >= 4 is 40.1 Å². The van der Waals surface area contributed by atoms with Gasteiger partial charge in [-0.2, -0.15) is 0 Å². The van der Waals surface area contributed by atoms with E-state index in [1.165, 1.54) is 0 Å². The van der Waals surface area contributed by atoms with E-state index in [2.05, 4.69) is 22.6 Å². The number of nitrogens with zero attached hydrogens (tertiary/aromatic N) is 1. The average Bonchev–Trinajstić information content (AvgIpc) is 2.29. The summed E-state index contributed by atoms with van der Waals surface area (Å²) < 4.78 is 6.24. The van der Waals surface area contributed by atoms with Gasteiger partial charge < -0.3 is 9.64 Å². The second-order valence-corrected chi connectivity index (χ2v) is 5.18. The first kappa shape index (κ1) is 12.1. The zero-order chi connectivity index (χ0) is 11.5. The van der Waals surface area contributed by atoms with Crippen molar-refractivity contribution < 1.29 is 9.53 Å². The van der Waals surface area contributed by atoms with Crippen LogP contribution in [0.15, 0.2) is 18.2 Å². The minimum absolute atomic E-state index is 0.00954. The smallest absolute Gasteiger partial charge is 0.255 e. The highest BCUT2D eigenvalue weighted by Crippen LogP contribution is 2.21. The Morgan fingerprint density at radius 3 is 2.69 bits per heavy atom. The lowest BCUT2D eigenvalue weighted by molar-refractivity contribution is 0.0303. The van der Waals surface area contributed by atoms with Crippen molar-refractivity contribution in [3.8, 4) is 0 Å². The predicted octanol–water partition coefficient (Wildman–Crippen LogP) is 2.42. The molecule has 16 heavy (non-hydrogen) atoms. The zero-order valence-electron chi connectivity index (χ0n) is 8.58. The summed E-state index contributed by atoms with van der Waals surface area (Å²) in [5, 5.41) is 0.517. The van der Waals surface area contributed by atoms with Crippen LogP contribution in [0.1, 0.15) is 10.4 Å². The van der Waals surface area contributed by atoms with Crippen LogP contribution in [0.5, 0.6) is 0 Å². The van der Waals surface area contributed by atoms with Gasteiger partial charge in [-0.25, -0.2) is 0 Å². The molecule has 1 aliphatic heterocycles. The van der Waals surface area contributed by atoms with E-state index in [0.29, 0.717) is 36.9 Å². The maximum Gasteiger partial charge on any atom is 0.255 e. The highest BCUT2D eigenvalue weighted by atomic mass is 127. The van der Waals surface area contributed by atoms with Gasteiger partial charge in [0.1, 0.15) is 0 Å². The Morgan fingerprint density at radius 1 is 1.38 bits per heavy atom. The molecule has 2 rings (SSSR count). The highest BCUT2D eigenvalue weighted by molar-refractivity contribution is 14.1. The highest BCUT2D eigenvalue weighted by Gasteiger charge is 2.20. The monoisotopic (exact) mass is 351 g/mol. The Balaban J connectivity index is 2.19. The van der Waals surface area contributed by atoms with Crippen LogP contribution in [0, 0.1) is 3.57 Å². The molecule has 86 valence electrons. The van der Waals surface area contributed by atoms with Crippen molar-refractivity contribution in [2.75, 3.05) is 26.3 Å². The lowest BCUT2D eigenvalue weighted by Crippen LogP contribution is -2.40. The first-order chi connectivity index (χ1) is 7.68. The van der Waals surface area contributed by atoms with Gasteiger partial charge in [-0.05, 0) is 40.8 Å². The number of ether oxygens (including phenoxy) is 1. The quantitative estimate of drug-likeness (QED) is 0.727. The summed E-state index contributed by atoms with van der Waals surface area (Å²) in [4.78, 5) is 13.9. The number of carbonyl (C=O) groups is 1. The standard InChI is InChI=1S/C11H11ClINO2/c12-10-7-8(13)1-2-9(10)11(15)14-3-5-16-6-4-14/h1-2,7H,3-6H2. The Bertz CT molecular complexity index is 405. The maximum absolute atomic E-state index is 12.1. The Labute approximate surface area is 113 Å². The van der Waals surface area contributed by atoms with Gasteiger partial charge in [-0.3, -0.25) is 4.79 Å². The number of rotatable bonds is 1. The van der Waals surface area contributed by atoms with Crippen LogP contribution >= 0.6 is 34.2 Å². The molecule has 0 aromatic heterocycles. The van der Waals surface area contributed by atoms with E-state index in [4.69, 9.17) is 16.3 Å². The first-order valence-corrected chi connectivity index (χ1v) is 6.46. The molecule has 0 radical (unpaired) electrons. The molecule has 1 aromatic rings. The van der Waals surface area contributed by atoms with Gasteiger partial charge >= 0.3 is 0 Å². The fourth-order valence-electron chi connectivity index (χ4n) is 1.60. The largest absolute Gasteiger partial charge is 0.378 e. The number of benzene rings is 1. The van der Waals surface area contributed by atoms with Gasteiger partial charge in [0.05, 0.1) is 23.8 Å². The predicted molar refractivity (Wildman–Crippen MR) is 70.9 cm³/mol. The molecule has 5 heteroatoms. The van der Waals surface area contributed by atoms with Crippen LogP contribution in [-0.4, -0.2) is 37.1 Å². The van der Waals surface area contributed by atoms with Crippen molar-refractivity contribution in [1.29, 1.82) is 0 Å². The number of hydrogen-bond acceptors (Lipinski definition) is 2. The Morgan fingerprint density at radius 2 is 2.06 bits per heavy atom. The SMILES string of the molecule is O=C(c1ccc(I)cc1Cl)N1CCOCC1. The van der Waals surface area contributed by atoms with Crippen LogP contribution < -0.4 is 0 Å².